The molecule has 2 unspecified atom stereocenters. The van der Waals surface area contributed by atoms with Crippen LogP contribution in [0.2, 0.25) is 0 Å². The molecule has 0 aliphatic carbocycles. The number of hydrogen-bond acceptors (Lipinski definition) is 5. The molecular weight excluding hydrogens is 230 g/mol. The van der Waals surface area contributed by atoms with Crippen LogP contribution in [0, 0.1) is 11.8 Å². The van der Waals surface area contributed by atoms with Gasteiger partial charge in [0.05, 0.1) is 19.5 Å². The van der Waals surface area contributed by atoms with E-state index in [0.717, 1.165) is 31.2 Å². The molecule has 98 valence electrons. The molecule has 0 saturated carbocycles. The summed E-state index contributed by atoms with van der Waals surface area (Å²) >= 11 is 0. The lowest BCUT2D eigenvalue weighted by atomic mass is 9.89. The van der Waals surface area contributed by atoms with Crippen LogP contribution in [0.3, 0.4) is 0 Å². The third-order valence-corrected chi connectivity index (χ3v) is 3.67. The number of rotatable bonds is 2. The molecule has 1 aliphatic heterocycles. The maximum atomic E-state index is 11.4. The van der Waals surface area contributed by atoms with E-state index in [4.69, 9.17) is 0 Å². The average molecular weight is 249 g/mol. The first-order valence-electron chi connectivity index (χ1n) is 6.27. The predicted octanol–water partition coefficient (Wildman–Crippen LogP) is 1.75. The Balaban J connectivity index is 2.16. The zero-order chi connectivity index (χ0) is 13.1. The summed E-state index contributed by atoms with van der Waals surface area (Å²) in [5.41, 5.74) is 0.265. The highest BCUT2D eigenvalue weighted by atomic mass is 16.5. The van der Waals surface area contributed by atoms with Crippen molar-refractivity contribution in [3.05, 3.63) is 18.1 Å². The number of ether oxygens (including phenoxy) is 1. The maximum absolute atomic E-state index is 11.4. The van der Waals surface area contributed by atoms with Crippen molar-refractivity contribution >= 4 is 11.8 Å². The quantitative estimate of drug-likeness (QED) is 0.747. The lowest BCUT2D eigenvalue weighted by molar-refractivity contribution is 0.0593. The van der Waals surface area contributed by atoms with Gasteiger partial charge in [-0.05, 0) is 18.3 Å². The van der Waals surface area contributed by atoms with Gasteiger partial charge in [-0.2, -0.15) is 0 Å². The second-order valence-electron chi connectivity index (χ2n) is 4.94. The largest absolute Gasteiger partial charge is 0.464 e. The number of anilines is 1. The van der Waals surface area contributed by atoms with Crippen molar-refractivity contribution in [3.63, 3.8) is 0 Å². The van der Waals surface area contributed by atoms with Crippen LogP contribution in [0.15, 0.2) is 12.4 Å². The van der Waals surface area contributed by atoms with Gasteiger partial charge in [0.2, 0.25) is 0 Å². The second kappa shape index (κ2) is 5.33. The minimum Gasteiger partial charge on any atom is -0.464 e. The van der Waals surface area contributed by atoms with Crippen molar-refractivity contribution in [1.82, 2.24) is 9.97 Å². The molecule has 0 bridgehead atoms. The Kier molecular flexibility index (Phi) is 3.79. The lowest BCUT2D eigenvalue weighted by Gasteiger charge is -2.35. The fourth-order valence-electron chi connectivity index (χ4n) is 2.18. The van der Waals surface area contributed by atoms with E-state index in [-0.39, 0.29) is 5.69 Å². The number of esters is 1. The summed E-state index contributed by atoms with van der Waals surface area (Å²) in [5, 5.41) is 0. The minimum absolute atomic E-state index is 0.265. The first kappa shape index (κ1) is 12.8. The molecular formula is C13H19N3O2. The van der Waals surface area contributed by atoms with E-state index in [0.29, 0.717) is 5.92 Å². The highest BCUT2D eigenvalue weighted by molar-refractivity contribution is 5.87. The molecule has 18 heavy (non-hydrogen) atoms. The van der Waals surface area contributed by atoms with Gasteiger partial charge < -0.3 is 9.64 Å². The molecule has 0 radical (unpaired) electrons. The molecule has 5 nitrogen and oxygen atoms in total. The molecule has 0 aromatic carbocycles. The third-order valence-electron chi connectivity index (χ3n) is 3.67. The zero-order valence-electron chi connectivity index (χ0n) is 11.1. The van der Waals surface area contributed by atoms with Crippen molar-refractivity contribution in [2.75, 3.05) is 25.1 Å². The van der Waals surface area contributed by atoms with Gasteiger partial charge in [-0.15, -0.1) is 0 Å². The monoisotopic (exact) mass is 249 g/mol. The minimum atomic E-state index is -0.442. The Bertz CT molecular complexity index is 436. The first-order chi connectivity index (χ1) is 8.61. The summed E-state index contributed by atoms with van der Waals surface area (Å²) in [6.07, 6.45) is 4.28. The van der Waals surface area contributed by atoms with Crippen molar-refractivity contribution < 1.29 is 9.53 Å². The van der Waals surface area contributed by atoms with Gasteiger partial charge in [-0.3, -0.25) is 4.98 Å². The van der Waals surface area contributed by atoms with Crippen LogP contribution in [-0.2, 0) is 4.74 Å². The van der Waals surface area contributed by atoms with E-state index >= 15 is 0 Å². The van der Waals surface area contributed by atoms with Crippen LogP contribution in [-0.4, -0.2) is 36.1 Å². The van der Waals surface area contributed by atoms with Crippen LogP contribution in [0.4, 0.5) is 5.82 Å². The summed E-state index contributed by atoms with van der Waals surface area (Å²) in [4.78, 5) is 22.0. The molecule has 2 atom stereocenters. The number of carbonyl (C=O) groups is 1. The van der Waals surface area contributed by atoms with Crippen LogP contribution >= 0.6 is 0 Å². The van der Waals surface area contributed by atoms with Crippen molar-refractivity contribution in [2.45, 2.75) is 20.3 Å². The molecule has 2 heterocycles. The van der Waals surface area contributed by atoms with Gasteiger partial charge in [0.1, 0.15) is 5.82 Å². The highest BCUT2D eigenvalue weighted by Gasteiger charge is 2.24. The summed E-state index contributed by atoms with van der Waals surface area (Å²) in [5.74, 6) is 1.68. The molecule has 1 saturated heterocycles. The Morgan fingerprint density at radius 2 is 2.17 bits per heavy atom. The van der Waals surface area contributed by atoms with Crippen molar-refractivity contribution in [1.29, 1.82) is 0 Å². The predicted molar refractivity (Wildman–Crippen MR) is 68.5 cm³/mol. The average Bonchev–Trinajstić information content (AvgIpc) is 2.41. The summed E-state index contributed by atoms with van der Waals surface area (Å²) in [6.45, 7) is 6.44. The van der Waals surface area contributed by atoms with Crippen LogP contribution in [0.5, 0.6) is 0 Å². The molecule has 1 aromatic rings. The summed E-state index contributed by atoms with van der Waals surface area (Å²) in [6, 6.07) is 0. The van der Waals surface area contributed by atoms with E-state index in [1.165, 1.54) is 13.3 Å². The number of methoxy groups -OCH3 is 1. The molecule has 5 heteroatoms. The standard InChI is InChI=1S/C13H19N3O2/c1-9-4-5-16(8-10(9)2)12-7-14-6-11(15-12)13(17)18-3/h6-7,9-10H,4-5,8H2,1-3H3. The third kappa shape index (κ3) is 2.60. The van der Waals surface area contributed by atoms with Crippen molar-refractivity contribution in [2.24, 2.45) is 11.8 Å². The SMILES string of the molecule is COC(=O)c1cncc(N2CCC(C)C(C)C2)n1. The van der Waals surface area contributed by atoms with Gasteiger partial charge in [-0.25, -0.2) is 9.78 Å². The second-order valence-corrected chi connectivity index (χ2v) is 4.94. The van der Waals surface area contributed by atoms with E-state index in [2.05, 4.69) is 33.5 Å². The zero-order valence-corrected chi connectivity index (χ0v) is 11.1. The molecule has 0 spiro atoms. The topological polar surface area (TPSA) is 55.3 Å². The first-order valence-corrected chi connectivity index (χ1v) is 6.27. The number of carbonyl (C=O) groups excluding carboxylic acids is 1. The van der Waals surface area contributed by atoms with Gasteiger partial charge in [0.25, 0.3) is 0 Å². The number of nitrogens with zero attached hydrogens (tertiary/aromatic N) is 3. The summed E-state index contributed by atoms with van der Waals surface area (Å²) < 4.78 is 4.66. The van der Waals surface area contributed by atoms with E-state index in [9.17, 15) is 4.79 Å². The molecule has 1 fully saturated rings. The number of aromatic nitrogens is 2. The van der Waals surface area contributed by atoms with E-state index < -0.39 is 5.97 Å². The maximum Gasteiger partial charge on any atom is 0.358 e. The van der Waals surface area contributed by atoms with Crippen LogP contribution in [0.1, 0.15) is 30.8 Å². The Labute approximate surface area is 107 Å². The van der Waals surface area contributed by atoms with E-state index in [1.54, 1.807) is 6.20 Å². The molecule has 1 aliphatic rings. The Hall–Kier alpha value is -1.65. The highest BCUT2D eigenvalue weighted by Crippen LogP contribution is 2.25. The number of hydrogen-bond donors (Lipinski definition) is 0. The fraction of sp³-hybridized carbons (Fsp3) is 0.615. The molecule has 2 rings (SSSR count). The normalized spacial score (nSPS) is 23.8. The summed E-state index contributed by atoms with van der Waals surface area (Å²) in [7, 11) is 1.35. The smallest absolute Gasteiger partial charge is 0.358 e. The van der Waals surface area contributed by atoms with Crippen LogP contribution in [0.25, 0.3) is 0 Å². The van der Waals surface area contributed by atoms with Gasteiger partial charge in [-0.1, -0.05) is 13.8 Å². The lowest BCUT2D eigenvalue weighted by Crippen LogP contribution is -2.39. The molecule has 0 amide bonds. The van der Waals surface area contributed by atoms with Crippen LogP contribution < -0.4 is 4.90 Å². The van der Waals surface area contributed by atoms with E-state index in [1.807, 2.05) is 0 Å². The fourth-order valence-corrected chi connectivity index (χ4v) is 2.18. The van der Waals surface area contributed by atoms with Gasteiger partial charge in [0, 0.05) is 13.1 Å². The van der Waals surface area contributed by atoms with Gasteiger partial charge >= 0.3 is 5.97 Å². The van der Waals surface area contributed by atoms with Crippen molar-refractivity contribution in [3.8, 4) is 0 Å². The number of piperidine rings is 1. The molecule has 0 N–H and O–H groups in total. The Morgan fingerprint density at radius 1 is 1.39 bits per heavy atom. The van der Waals surface area contributed by atoms with Gasteiger partial charge in [0.15, 0.2) is 5.69 Å². The molecule has 1 aromatic heterocycles. The Morgan fingerprint density at radius 3 is 2.83 bits per heavy atom.